The van der Waals surface area contributed by atoms with Gasteiger partial charge in [-0.1, -0.05) is 23.7 Å². The summed E-state index contributed by atoms with van der Waals surface area (Å²) in [5.74, 6) is 0.680. The van der Waals surface area contributed by atoms with Crippen LogP contribution in [0.3, 0.4) is 0 Å². The summed E-state index contributed by atoms with van der Waals surface area (Å²) < 4.78 is 1.82. The van der Waals surface area contributed by atoms with Crippen molar-refractivity contribution in [3.05, 3.63) is 63.9 Å². The van der Waals surface area contributed by atoms with E-state index in [9.17, 15) is 9.59 Å². The Morgan fingerprint density at radius 3 is 2.62 bits per heavy atom. The highest BCUT2D eigenvalue weighted by atomic mass is 35.5. The van der Waals surface area contributed by atoms with Crippen LogP contribution in [-0.4, -0.2) is 39.7 Å². The largest absolute Gasteiger partial charge is 0.338 e. The van der Waals surface area contributed by atoms with E-state index in [0.29, 0.717) is 29.6 Å². The standard InChI is InChI=1S/C20H20ClN5O2S/c21-16-3-1-2-4-17(16)23-20(28)24-18-5-9-22-26(18)15-6-10-25(11-7-15)19(27)14-8-12-29-13-14/h1-5,8-9,12-13,15H,6-7,10-11H2,(H2,23,24,28). The summed E-state index contributed by atoms with van der Waals surface area (Å²) in [6, 6.07) is 10.4. The van der Waals surface area contributed by atoms with Gasteiger partial charge >= 0.3 is 6.03 Å². The second-order valence-corrected chi connectivity index (χ2v) is 7.94. The summed E-state index contributed by atoms with van der Waals surface area (Å²) in [6.07, 6.45) is 3.21. The van der Waals surface area contributed by atoms with E-state index in [1.54, 1.807) is 36.5 Å². The van der Waals surface area contributed by atoms with Crippen LogP contribution in [-0.2, 0) is 0 Å². The molecule has 4 rings (SSSR count). The number of piperidine rings is 1. The molecule has 0 saturated carbocycles. The topological polar surface area (TPSA) is 79.3 Å². The van der Waals surface area contributed by atoms with Gasteiger partial charge in [-0.3, -0.25) is 10.1 Å². The van der Waals surface area contributed by atoms with Crippen LogP contribution >= 0.6 is 22.9 Å². The number of carbonyl (C=O) groups excluding carboxylic acids is 2. The first kappa shape index (κ1) is 19.5. The van der Waals surface area contributed by atoms with Gasteiger partial charge in [-0.15, -0.1) is 0 Å². The highest BCUT2D eigenvalue weighted by Crippen LogP contribution is 2.27. The Morgan fingerprint density at radius 1 is 1.10 bits per heavy atom. The number of urea groups is 1. The molecule has 2 N–H and O–H groups in total. The maximum absolute atomic E-state index is 12.5. The van der Waals surface area contributed by atoms with Gasteiger partial charge in [0.2, 0.25) is 0 Å². The Balaban J connectivity index is 1.36. The van der Waals surface area contributed by atoms with Gasteiger partial charge in [0.15, 0.2) is 0 Å². The van der Waals surface area contributed by atoms with Crippen LogP contribution in [0.4, 0.5) is 16.3 Å². The fourth-order valence-corrected chi connectivity index (χ4v) is 4.23. The Bertz CT molecular complexity index is 996. The van der Waals surface area contributed by atoms with Gasteiger partial charge in [0, 0.05) is 24.5 Å². The molecule has 3 heterocycles. The lowest BCUT2D eigenvalue weighted by Gasteiger charge is -2.32. The second kappa shape index (κ2) is 8.67. The van der Waals surface area contributed by atoms with Gasteiger partial charge in [0.05, 0.1) is 28.5 Å². The SMILES string of the molecule is O=C(Nc1ccccc1Cl)Nc1ccnn1C1CCN(C(=O)c2ccsc2)CC1. The van der Waals surface area contributed by atoms with Crippen LogP contribution in [0.15, 0.2) is 53.4 Å². The van der Waals surface area contributed by atoms with E-state index >= 15 is 0 Å². The number of thiophene rings is 1. The Kier molecular flexibility index (Phi) is 5.82. The number of likely N-dealkylation sites (tertiary alicyclic amines) is 1. The molecule has 0 atom stereocenters. The molecule has 29 heavy (non-hydrogen) atoms. The van der Waals surface area contributed by atoms with Crippen molar-refractivity contribution in [2.45, 2.75) is 18.9 Å². The lowest BCUT2D eigenvalue weighted by molar-refractivity contribution is 0.0691. The first-order valence-corrected chi connectivity index (χ1v) is 10.6. The summed E-state index contributed by atoms with van der Waals surface area (Å²) in [5.41, 5.74) is 1.28. The molecule has 3 aromatic rings. The number of carbonyl (C=O) groups is 2. The van der Waals surface area contributed by atoms with E-state index in [2.05, 4.69) is 15.7 Å². The maximum Gasteiger partial charge on any atom is 0.324 e. The monoisotopic (exact) mass is 429 g/mol. The molecule has 9 heteroatoms. The number of hydrogen-bond donors (Lipinski definition) is 2. The van der Waals surface area contributed by atoms with Gasteiger partial charge in [0.25, 0.3) is 5.91 Å². The van der Waals surface area contributed by atoms with E-state index in [0.717, 1.165) is 18.4 Å². The smallest absolute Gasteiger partial charge is 0.324 e. The third-order valence-electron chi connectivity index (χ3n) is 4.90. The van der Waals surface area contributed by atoms with Crippen LogP contribution in [0.1, 0.15) is 29.2 Å². The van der Waals surface area contributed by atoms with Gasteiger partial charge in [-0.05, 0) is 36.4 Å². The fourth-order valence-electron chi connectivity index (χ4n) is 3.42. The molecule has 0 unspecified atom stereocenters. The number of nitrogens with zero attached hydrogens (tertiary/aromatic N) is 3. The van der Waals surface area contributed by atoms with Crippen LogP contribution in [0.2, 0.25) is 5.02 Å². The summed E-state index contributed by atoms with van der Waals surface area (Å²) >= 11 is 7.61. The van der Waals surface area contributed by atoms with Crippen molar-refractivity contribution in [2.24, 2.45) is 0 Å². The van der Waals surface area contributed by atoms with Gasteiger partial charge in [-0.25, -0.2) is 9.48 Å². The summed E-state index contributed by atoms with van der Waals surface area (Å²) in [4.78, 5) is 26.7. The van der Waals surface area contributed by atoms with Crippen molar-refractivity contribution < 1.29 is 9.59 Å². The number of nitrogens with one attached hydrogen (secondary N) is 2. The van der Waals surface area contributed by atoms with E-state index in [1.807, 2.05) is 26.4 Å². The number of benzene rings is 1. The lowest BCUT2D eigenvalue weighted by Crippen LogP contribution is -2.39. The molecule has 1 aromatic carbocycles. The molecular formula is C20H20ClN5O2S. The molecule has 2 aromatic heterocycles. The molecule has 0 radical (unpaired) electrons. The third kappa shape index (κ3) is 4.44. The first-order chi connectivity index (χ1) is 14.1. The zero-order valence-electron chi connectivity index (χ0n) is 15.5. The molecule has 1 aliphatic heterocycles. The molecule has 1 saturated heterocycles. The molecule has 0 bridgehead atoms. The van der Waals surface area contributed by atoms with Crippen LogP contribution in [0.25, 0.3) is 0 Å². The van der Waals surface area contributed by atoms with Crippen molar-refractivity contribution in [3.8, 4) is 0 Å². The summed E-state index contributed by atoms with van der Waals surface area (Å²) in [7, 11) is 0. The molecule has 0 aliphatic carbocycles. The van der Waals surface area contributed by atoms with Crippen LogP contribution < -0.4 is 10.6 Å². The molecule has 7 nitrogen and oxygen atoms in total. The Hall–Kier alpha value is -2.84. The molecule has 150 valence electrons. The lowest BCUT2D eigenvalue weighted by atomic mass is 10.0. The van der Waals surface area contributed by atoms with Crippen molar-refractivity contribution in [3.63, 3.8) is 0 Å². The second-order valence-electron chi connectivity index (χ2n) is 6.76. The van der Waals surface area contributed by atoms with E-state index in [-0.39, 0.29) is 18.0 Å². The van der Waals surface area contributed by atoms with E-state index in [1.165, 1.54) is 11.3 Å². The molecule has 1 fully saturated rings. The predicted octanol–water partition coefficient (Wildman–Crippen LogP) is 4.72. The fraction of sp³-hybridized carbons (Fsp3) is 0.250. The minimum Gasteiger partial charge on any atom is -0.338 e. The summed E-state index contributed by atoms with van der Waals surface area (Å²) in [5, 5.41) is 14.2. The van der Waals surface area contributed by atoms with Crippen LogP contribution in [0, 0.1) is 0 Å². The molecular weight excluding hydrogens is 410 g/mol. The van der Waals surface area contributed by atoms with Crippen molar-refractivity contribution in [1.29, 1.82) is 0 Å². The normalized spacial score (nSPS) is 14.6. The predicted molar refractivity (Wildman–Crippen MR) is 115 cm³/mol. The van der Waals surface area contributed by atoms with Crippen molar-refractivity contribution in [1.82, 2.24) is 14.7 Å². The zero-order valence-corrected chi connectivity index (χ0v) is 17.1. The average Bonchev–Trinajstić information content (AvgIpc) is 3.42. The third-order valence-corrected chi connectivity index (χ3v) is 5.91. The number of rotatable bonds is 4. The highest BCUT2D eigenvalue weighted by Gasteiger charge is 2.26. The number of halogens is 1. The van der Waals surface area contributed by atoms with E-state index in [4.69, 9.17) is 11.6 Å². The molecule has 3 amide bonds. The number of para-hydroxylation sites is 1. The van der Waals surface area contributed by atoms with Gasteiger partial charge < -0.3 is 10.2 Å². The number of anilines is 2. The maximum atomic E-state index is 12.5. The minimum atomic E-state index is -0.384. The average molecular weight is 430 g/mol. The van der Waals surface area contributed by atoms with Gasteiger partial charge in [0.1, 0.15) is 5.82 Å². The Morgan fingerprint density at radius 2 is 1.90 bits per heavy atom. The molecule has 1 aliphatic rings. The Labute approximate surface area is 177 Å². The quantitative estimate of drug-likeness (QED) is 0.629. The minimum absolute atomic E-state index is 0.0719. The number of amides is 3. The molecule has 0 spiro atoms. The van der Waals surface area contributed by atoms with Gasteiger partial charge in [-0.2, -0.15) is 16.4 Å². The zero-order chi connectivity index (χ0) is 20.2. The van der Waals surface area contributed by atoms with E-state index < -0.39 is 0 Å². The van der Waals surface area contributed by atoms with Crippen molar-refractivity contribution >= 4 is 46.4 Å². The van der Waals surface area contributed by atoms with Crippen molar-refractivity contribution in [2.75, 3.05) is 23.7 Å². The highest BCUT2D eigenvalue weighted by molar-refractivity contribution is 7.08. The number of hydrogen-bond acceptors (Lipinski definition) is 4. The summed E-state index contributed by atoms with van der Waals surface area (Å²) in [6.45, 7) is 1.31. The number of aromatic nitrogens is 2. The first-order valence-electron chi connectivity index (χ1n) is 9.29. The van der Waals surface area contributed by atoms with Crippen LogP contribution in [0.5, 0.6) is 0 Å².